The van der Waals surface area contributed by atoms with Gasteiger partial charge in [-0.05, 0) is 24.8 Å². The maximum absolute atomic E-state index is 13.3. The molecule has 1 aromatic carbocycles. The molecule has 4 rings (SSSR count). The fourth-order valence-electron chi connectivity index (χ4n) is 5.28. The molecule has 3 aliphatic rings. The van der Waals surface area contributed by atoms with Crippen LogP contribution in [-0.4, -0.2) is 65.7 Å². The fraction of sp³-hybridized carbons (Fsp3) is 0.571. The van der Waals surface area contributed by atoms with Crippen molar-refractivity contribution in [1.29, 1.82) is 0 Å². The molecule has 3 N–H and O–H groups in total. The lowest BCUT2D eigenvalue weighted by atomic mass is 9.70. The van der Waals surface area contributed by atoms with Gasteiger partial charge in [0.1, 0.15) is 11.6 Å². The van der Waals surface area contributed by atoms with E-state index in [1.807, 2.05) is 30.3 Å². The van der Waals surface area contributed by atoms with E-state index in [-0.39, 0.29) is 37.0 Å². The van der Waals surface area contributed by atoms with Gasteiger partial charge in [0.15, 0.2) is 0 Å². The molecule has 2 bridgehead atoms. The predicted octanol–water partition coefficient (Wildman–Crippen LogP) is -0.194. The molecule has 29 heavy (non-hydrogen) atoms. The predicted molar refractivity (Wildman–Crippen MR) is 103 cm³/mol. The first-order valence-corrected chi connectivity index (χ1v) is 10.2. The van der Waals surface area contributed by atoms with Gasteiger partial charge in [0, 0.05) is 26.7 Å². The number of carbonyl (C=O) groups is 3. The van der Waals surface area contributed by atoms with Crippen LogP contribution in [0.3, 0.4) is 0 Å². The lowest BCUT2D eigenvalue weighted by Gasteiger charge is -2.33. The van der Waals surface area contributed by atoms with Crippen LogP contribution in [-0.2, 0) is 25.7 Å². The van der Waals surface area contributed by atoms with E-state index in [2.05, 4.69) is 10.6 Å². The number of nitrogens with zero attached hydrogens (tertiary/aromatic N) is 1. The minimum Gasteiger partial charge on any atom is -0.396 e. The van der Waals surface area contributed by atoms with Gasteiger partial charge < -0.3 is 25.4 Å². The molecule has 0 saturated carbocycles. The van der Waals surface area contributed by atoms with Crippen LogP contribution in [0.2, 0.25) is 0 Å². The molecule has 3 heterocycles. The standard InChI is InChI=1S/C21H27N3O5/c1-22-18(26)15-14-8-9-21(29-14)16(15)20(28)24(10-5-11-25)17(21)19(27)23-12-13-6-3-2-4-7-13/h2-4,6-7,14-17,25H,5,8-12H2,1H3,(H,22,26)(H,23,27)/t14-,15+,16-,17?,21?/m0/s1. The third-order valence-electron chi connectivity index (χ3n) is 6.46. The van der Waals surface area contributed by atoms with E-state index in [9.17, 15) is 19.5 Å². The van der Waals surface area contributed by atoms with Gasteiger partial charge in [-0.15, -0.1) is 0 Å². The molecule has 8 heteroatoms. The summed E-state index contributed by atoms with van der Waals surface area (Å²) in [6.07, 6.45) is 1.25. The first kappa shape index (κ1) is 19.8. The Bertz CT molecular complexity index is 801. The molecular weight excluding hydrogens is 374 g/mol. The van der Waals surface area contributed by atoms with Crippen LogP contribution in [0.5, 0.6) is 0 Å². The Morgan fingerprint density at radius 1 is 1.28 bits per heavy atom. The second kappa shape index (κ2) is 7.76. The van der Waals surface area contributed by atoms with Gasteiger partial charge >= 0.3 is 0 Å². The zero-order valence-corrected chi connectivity index (χ0v) is 16.5. The first-order chi connectivity index (χ1) is 14.0. The maximum atomic E-state index is 13.3. The van der Waals surface area contributed by atoms with E-state index < -0.39 is 23.5 Å². The third kappa shape index (κ3) is 3.11. The zero-order valence-electron chi connectivity index (χ0n) is 16.5. The molecule has 0 aliphatic carbocycles. The van der Waals surface area contributed by atoms with Gasteiger partial charge in [0.25, 0.3) is 0 Å². The molecule has 3 fully saturated rings. The summed E-state index contributed by atoms with van der Waals surface area (Å²) >= 11 is 0. The number of ether oxygens (including phenoxy) is 1. The van der Waals surface area contributed by atoms with Gasteiger partial charge in [-0.2, -0.15) is 0 Å². The van der Waals surface area contributed by atoms with Gasteiger partial charge in [-0.25, -0.2) is 0 Å². The Morgan fingerprint density at radius 2 is 2.03 bits per heavy atom. The van der Waals surface area contributed by atoms with Crippen LogP contribution in [0, 0.1) is 11.8 Å². The molecule has 0 aromatic heterocycles. The Balaban J connectivity index is 1.62. The first-order valence-electron chi connectivity index (χ1n) is 10.2. The van der Waals surface area contributed by atoms with E-state index in [4.69, 9.17) is 4.74 Å². The van der Waals surface area contributed by atoms with Crippen molar-refractivity contribution in [3.05, 3.63) is 35.9 Å². The highest BCUT2D eigenvalue weighted by molar-refractivity contribution is 5.98. The van der Waals surface area contributed by atoms with Gasteiger partial charge in [0.2, 0.25) is 17.7 Å². The molecular formula is C21H27N3O5. The number of rotatable bonds is 7. The molecule has 0 radical (unpaired) electrons. The highest BCUT2D eigenvalue weighted by Gasteiger charge is 2.74. The minimum atomic E-state index is -0.977. The second-order valence-corrected chi connectivity index (χ2v) is 7.98. The number of fused-ring (bicyclic) bond motifs is 1. The topological polar surface area (TPSA) is 108 Å². The summed E-state index contributed by atoms with van der Waals surface area (Å²) < 4.78 is 6.24. The minimum absolute atomic E-state index is 0.0812. The van der Waals surface area contributed by atoms with Crippen molar-refractivity contribution < 1.29 is 24.2 Å². The van der Waals surface area contributed by atoms with E-state index in [0.717, 1.165) is 5.56 Å². The molecule has 3 saturated heterocycles. The van der Waals surface area contributed by atoms with Crippen LogP contribution >= 0.6 is 0 Å². The van der Waals surface area contributed by atoms with Gasteiger partial charge in [-0.3, -0.25) is 14.4 Å². The number of nitrogens with one attached hydrogen (secondary N) is 2. The van der Waals surface area contributed by atoms with Crippen LogP contribution in [0.1, 0.15) is 24.8 Å². The Kier molecular flexibility index (Phi) is 5.31. The van der Waals surface area contributed by atoms with Crippen molar-refractivity contribution in [2.75, 3.05) is 20.2 Å². The highest BCUT2D eigenvalue weighted by Crippen LogP contribution is 2.58. The van der Waals surface area contributed by atoms with Crippen molar-refractivity contribution >= 4 is 17.7 Å². The molecule has 3 aliphatic heterocycles. The SMILES string of the molecule is CNC(=O)[C@@H]1[C@@H]2CCC3(O2)C(C(=O)NCc2ccccc2)N(CCCO)C(=O)[C@H]13. The summed E-state index contributed by atoms with van der Waals surface area (Å²) in [5, 5.41) is 14.8. The Hall–Kier alpha value is -2.45. The van der Waals surface area contributed by atoms with Gasteiger partial charge in [0.05, 0.1) is 17.9 Å². The van der Waals surface area contributed by atoms with Crippen LogP contribution in [0.15, 0.2) is 30.3 Å². The highest BCUT2D eigenvalue weighted by atomic mass is 16.5. The Morgan fingerprint density at radius 3 is 2.72 bits per heavy atom. The molecule has 2 unspecified atom stereocenters. The summed E-state index contributed by atoms with van der Waals surface area (Å²) in [7, 11) is 1.55. The van der Waals surface area contributed by atoms with E-state index in [1.165, 1.54) is 4.90 Å². The van der Waals surface area contributed by atoms with Crippen molar-refractivity contribution in [3.8, 4) is 0 Å². The van der Waals surface area contributed by atoms with E-state index in [0.29, 0.717) is 25.8 Å². The van der Waals surface area contributed by atoms with E-state index in [1.54, 1.807) is 7.05 Å². The summed E-state index contributed by atoms with van der Waals surface area (Å²) in [6.45, 7) is 0.523. The van der Waals surface area contributed by atoms with Crippen LogP contribution < -0.4 is 10.6 Å². The number of likely N-dealkylation sites (tertiary alicyclic amines) is 1. The third-order valence-corrected chi connectivity index (χ3v) is 6.46. The van der Waals surface area contributed by atoms with Gasteiger partial charge in [-0.1, -0.05) is 30.3 Å². The normalized spacial score (nSPS) is 32.3. The summed E-state index contributed by atoms with van der Waals surface area (Å²) in [5.41, 5.74) is -0.0178. The summed E-state index contributed by atoms with van der Waals surface area (Å²) in [4.78, 5) is 40.6. The van der Waals surface area contributed by atoms with Crippen molar-refractivity contribution in [2.24, 2.45) is 11.8 Å². The number of hydrogen-bond acceptors (Lipinski definition) is 5. The van der Waals surface area contributed by atoms with Crippen molar-refractivity contribution in [2.45, 2.75) is 43.6 Å². The number of hydrogen-bond donors (Lipinski definition) is 3. The largest absolute Gasteiger partial charge is 0.396 e. The summed E-state index contributed by atoms with van der Waals surface area (Å²) in [5.74, 6) is -1.96. The second-order valence-electron chi connectivity index (χ2n) is 7.98. The monoisotopic (exact) mass is 401 g/mol. The van der Waals surface area contributed by atoms with Crippen LogP contribution in [0.25, 0.3) is 0 Å². The maximum Gasteiger partial charge on any atom is 0.246 e. The summed E-state index contributed by atoms with van der Waals surface area (Å²) in [6, 6.07) is 8.76. The number of amides is 3. The smallest absolute Gasteiger partial charge is 0.246 e. The average Bonchev–Trinajstić information content (AvgIpc) is 3.38. The van der Waals surface area contributed by atoms with Crippen molar-refractivity contribution in [1.82, 2.24) is 15.5 Å². The molecule has 3 amide bonds. The average molecular weight is 401 g/mol. The van der Waals surface area contributed by atoms with Crippen molar-refractivity contribution in [3.63, 3.8) is 0 Å². The van der Waals surface area contributed by atoms with Crippen LogP contribution in [0.4, 0.5) is 0 Å². The number of aliphatic hydroxyl groups excluding tert-OH is 1. The molecule has 1 aromatic rings. The molecule has 8 nitrogen and oxygen atoms in total. The lowest BCUT2D eigenvalue weighted by Crippen LogP contribution is -2.55. The molecule has 156 valence electrons. The molecule has 5 atom stereocenters. The molecule has 1 spiro atoms. The number of aliphatic hydroxyl groups is 1. The lowest BCUT2D eigenvalue weighted by molar-refractivity contribution is -0.142. The van der Waals surface area contributed by atoms with E-state index >= 15 is 0 Å². The number of benzene rings is 1. The fourth-order valence-corrected chi connectivity index (χ4v) is 5.28. The Labute approximate surface area is 169 Å². The zero-order chi connectivity index (χ0) is 20.6. The number of carbonyl (C=O) groups excluding carboxylic acids is 3. The quantitative estimate of drug-likeness (QED) is 0.587.